The van der Waals surface area contributed by atoms with Crippen LogP contribution in [0.4, 0.5) is 13.2 Å². The Balaban J connectivity index is 1.77. The van der Waals surface area contributed by atoms with Crippen LogP contribution in [-0.4, -0.2) is 16.5 Å². The van der Waals surface area contributed by atoms with Gasteiger partial charge in [0.15, 0.2) is 15.9 Å². The number of rotatable bonds is 11. The van der Waals surface area contributed by atoms with Crippen molar-refractivity contribution in [2.75, 3.05) is 5.75 Å². The first kappa shape index (κ1) is 23.9. The Morgan fingerprint density at radius 1 is 1.45 bits per heavy atom. The van der Waals surface area contributed by atoms with Crippen molar-refractivity contribution in [3.63, 3.8) is 0 Å². The maximum atomic E-state index is 12.9. The Kier molecular flexibility index (Phi) is 9.69. The van der Waals surface area contributed by atoms with E-state index in [-0.39, 0.29) is 18.1 Å². The van der Waals surface area contributed by atoms with Gasteiger partial charge >= 0.3 is 6.08 Å². The van der Waals surface area contributed by atoms with E-state index in [1.165, 1.54) is 23.8 Å². The molecule has 1 aromatic heterocycles. The number of thiazole rings is 1. The molecule has 1 aromatic rings. The molecule has 29 heavy (non-hydrogen) atoms. The molecule has 7 heteroatoms. The van der Waals surface area contributed by atoms with E-state index >= 15 is 0 Å². The lowest BCUT2D eigenvalue weighted by Crippen LogP contribution is -2.08. The van der Waals surface area contributed by atoms with Gasteiger partial charge in [0.05, 0.1) is 0 Å². The normalized spacial score (nSPS) is 20.4. The number of hydrogen-bond acceptors (Lipinski definition) is 4. The predicted molar refractivity (Wildman–Crippen MR) is 115 cm³/mol. The number of allylic oxidation sites excluding steroid dienone is 4. The van der Waals surface area contributed by atoms with Gasteiger partial charge in [-0.1, -0.05) is 43.0 Å². The van der Waals surface area contributed by atoms with Crippen LogP contribution in [-0.2, 0) is 0 Å². The number of aromatic nitrogens is 1. The molecular weight excluding hydrogens is 415 g/mol. The van der Waals surface area contributed by atoms with Crippen molar-refractivity contribution >= 4 is 28.9 Å². The number of thioether (sulfide) groups is 1. The molecule has 1 saturated carbocycles. The minimum atomic E-state index is -2.20. The average molecular weight is 444 g/mol. The first-order valence-electron chi connectivity index (χ1n) is 9.91. The van der Waals surface area contributed by atoms with E-state index in [0.29, 0.717) is 24.0 Å². The van der Waals surface area contributed by atoms with Crippen LogP contribution >= 0.6 is 23.1 Å². The largest absolute Gasteiger partial charge is 0.301 e. The van der Waals surface area contributed by atoms with Gasteiger partial charge in [-0.15, -0.1) is 11.3 Å². The van der Waals surface area contributed by atoms with Gasteiger partial charge in [0, 0.05) is 24.5 Å². The quantitative estimate of drug-likeness (QED) is 0.198. The summed E-state index contributed by atoms with van der Waals surface area (Å²) in [6.45, 7) is 7.71. The van der Waals surface area contributed by atoms with Crippen LogP contribution < -0.4 is 0 Å². The molecular formula is C22H28F3NOS2. The fourth-order valence-corrected chi connectivity index (χ4v) is 5.48. The summed E-state index contributed by atoms with van der Waals surface area (Å²) in [7, 11) is 0. The van der Waals surface area contributed by atoms with Crippen LogP contribution in [0, 0.1) is 17.8 Å². The lowest BCUT2D eigenvalue weighted by atomic mass is 9.90. The summed E-state index contributed by atoms with van der Waals surface area (Å²) in [6, 6.07) is 0. The van der Waals surface area contributed by atoms with Crippen molar-refractivity contribution in [3.05, 3.63) is 47.3 Å². The number of nitrogens with zero attached hydrogens (tertiary/aromatic N) is 1. The molecule has 0 N–H and O–H groups in total. The number of ketones is 1. The maximum Gasteiger partial charge on any atom is 0.301 e. The van der Waals surface area contributed by atoms with Gasteiger partial charge in [-0.2, -0.15) is 8.78 Å². The first-order valence-corrected chi connectivity index (χ1v) is 11.8. The molecule has 160 valence electrons. The Bertz CT molecular complexity index is 768. The highest BCUT2D eigenvalue weighted by atomic mass is 32.2. The summed E-state index contributed by atoms with van der Waals surface area (Å²) in [4.78, 5) is 15.7. The molecule has 0 aromatic carbocycles. The SMILES string of the molecule is C=C1CC[C@H](/C=C/C[C@@H](C)CCC(F)=C(F)F)C1CCSc1nc(C(C)=O)cs1. The third-order valence-electron chi connectivity index (χ3n) is 5.32. The Morgan fingerprint density at radius 2 is 2.21 bits per heavy atom. The van der Waals surface area contributed by atoms with Crippen LogP contribution in [0.1, 0.15) is 62.9 Å². The molecule has 0 spiro atoms. The summed E-state index contributed by atoms with van der Waals surface area (Å²) < 4.78 is 38.1. The van der Waals surface area contributed by atoms with Gasteiger partial charge in [0.2, 0.25) is 0 Å². The van der Waals surface area contributed by atoms with Crippen molar-refractivity contribution < 1.29 is 18.0 Å². The van der Waals surface area contributed by atoms with Crippen LogP contribution in [0.3, 0.4) is 0 Å². The highest BCUT2D eigenvalue weighted by Gasteiger charge is 2.28. The van der Waals surface area contributed by atoms with E-state index in [9.17, 15) is 18.0 Å². The van der Waals surface area contributed by atoms with E-state index in [1.54, 1.807) is 17.1 Å². The molecule has 0 radical (unpaired) electrons. The lowest BCUT2D eigenvalue weighted by molar-refractivity contribution is 0.101. The molecule has 0 aliphatic heterocycles. The summed E-state index contributed by atoms with van der Waals surface area (Å²) >= 11 is 3.18. The van der Waals surface area contributed by atoms with Crippen molar-refractivity contribution in [1.29, 1.82) is 0 Å². The molecule has 1 heterocycles. The zero-order valence-electron chi connectivity index (χ0n) is 16.9. The maximum absolute atomic E-state index is 12.9. The fraction of sp³-hybridized carbons (Fsp3) is 0.545. The van der Waals surface area contributed by atoms with E-state index in [1.807, 2.05) is 6.92 Å². The predicted octanol–water partition coefficient (Wildman–Crippen LogP) is 7.85. The second kappa shape index (κ2) is 11.7. The number of Topliss-reactive ketones (excluding diaryl/α,β-unsaturated/α-hetero) is 1. The van der Waals surface area contributed by atoms with Gasteiger partial charge in [-0.25, -0.2) is 9.37 Å². The van der Waals surface area contributed by atoms with Gasteiger partial charge in [-0.05, 0) is 49.9 Å². The minimum absolute atomic E-state index is 0.00899. The summed E-state index contributed by atoms with van der Waals surface area (Å²) in [6.07, 6.45) is 6.23. The molecule has 1 fully saturated rings. The summed E-state index contributed by atoms with van der Waals surface area (Å²) in [5.41, 5.74) is 1.81. The monoisotopic (exact) mass is 443 g/mol. The van der Waals surface area contributed by atoms with Crippen molar-refractivity contribution in [3.8, 4) is 0 Å². The molecule has 3 atom stereocenters. The molecule has 1 aliphatic rings. The molecule has 1 unspecified atom stereocenters. The van der Waals surface area contributed by atoms with Crippen LogP contribution in [0.15, 0.2) is 45.9 Å². The third kappa shape index (κ3) is 7.78. The second-order valence-corrected chi connectivity index (χ2v) is 9.83. The number of hydrogen-bond donors (Lipinski definition) is 0. The topological polar surface area (TPSA) is 30.0 Å². The molecule has 2 nitrogen and oxygen atoms in total. The molecule has 1 aliphatic carbocycles. The number of halogens is 3. The number of carbonyl (C=O) groups excluding carboxylic acids is 1. The fourth-order valence-electron chi connectivity index (χ4n) is 3.52. The van der Waals surface area contributed by atoms with Gasteiger partial charge in [0.25, 0.3) is 0 Å². The van der Waals surface area contributed by atoms with E-state index in [4.69, 9.17) is 0 Å². The molecule has 0 amide bonds. The van der Waals surface area contributed by atoms with E-state index in [2.05, 4.69) is 23.7 Å². The molecule has 0 saturated heterocycles. The third-order valence-corrected chi connectivity index (χ3v) is 7.38. The Morgan fingerprint density at radius 3 is 2.86 bits per heavy atom. The van der Waals surface area contributed by atoms with E-state index < -0.39 is 11.9 Å². The highest BCUT2D eigenvalue weighted by Crippen LogP contribution is 2.40. The smallest absolute Gasteiger partial charge is 0.293 e. The van der Waals surface area contributed by atoms with Gasteiger partial charge in [0.1, 0.15) is 5.69 Å². The highest BCUT2D eigenvalue weighted by molar-refractivity contribution is 8.01. The van der Waals surface area contributed by atoms with Crippen LogP contribution in [0.25, 0.3) is 0 Å². The van der Waals surface area contributed by atoms with Crippen molar-refractivity contribution in [2.45, 2.75) is 56.7 Å². The zero-order chi connectivity index (χ0) is 21.4. The van der Waals surface area contributed by atoms with Gasteiger partial charge < -0.3 is 0 Å². The molecule has 0 bridgehead atoms. The van der Waals surface area contributed by atoms with Crippen molar-refractivity contribution in [2.24, 2.45) is 17.8 Å². The Hall–Kier alpha value is -1.34. The lowest BCUT2D eigenvalue weighted by Gasteiger charge is -2.17. The second-order valence-electron chi connectivity index (χ2n) is 7.63. The average Bonchev–Trinajstić information content (AvgIpc) is 3.28. The molecule has 2 rings (SSSR count). The summed E-state index contributed by atoms with van der Waals surface area (Å²) in [5, 5.41) is 1.80. The van der Waals surface area contributed by atoms with Gasteiger partial charge in [-0.3, -0.25) is 4.79 Å². The van der Waals surface area contributed by atoms with Crippen molar-refractivity contribution in [1.82, 2.24) is 4.98 Å². The summed E-state index contributed by atoms with van der Waals surface area (Å²) in [5.74, 6) is 0.666. The van der Waals surface area contributed by atoms with Crippen LogP contribution in [0.2, 0.25) is 0 Å². The zero-order valence-corrected chi connectivity index (χ0v) is 18.6. The minimum Gasteiger partial charge on any atom is -0.293 e. The Labute approximate surface area is 179 Å². The first-order chi connectivity index (χ1) is 13.8. The number of carbonyl (C=O) groups is 1. The van der Waals surface area contributed by atoms with Crippen LogP contribution in [0.5, 0.6) is 0 Å². The standard InChI is InChI=1S/C22H28F3NOS2/c1-14(7-10-19(23)21(24)25)5-4-6-17-9-8-15(2)18(17)11-12-28-22-26-20(13-29-22)16(3)27/h4,6,13-14,17-18H,2,5,7-12H2,1,3H3/b6-4+/t14-,17+,18?/m1/s1. The van der Waals surface area contributed by atoms with E-state index in [0.717, 1.165) is 35.8 Å².